The monoisotopic (exact) mass is 338 g/mol. The van der Waals surface area contributed by atoms with E-state index in [4.69, 9.17) is 0 Å². The van der Waals surface area contributed by atoms with E-state index in [0.717, 1.165) is 4.47 Å². The van der Waals surface area contributed by atoms with Crippen LogP contribution in [0.1, 0.15) is 22.8 Å². The Hall–Kier alpha value is -2.02. The zero-order chi connectivity index (χ0) is 14.5. The summed E-state index contributed by atoms with van der Waals surface area (Å²) in [4.78, 5) is 11.7. The number of aryl methyl sites for hydroxylation is 1. The molecule has 0 atom stereocenters. The van der Waals surface area contributed by atoms with Gasteiger partial charge in [0.1, 0.15) is 0 Å². The van der Waals surface area contributed by atoms with Crippen LogP contribution in [0.4, 0.5) is 4.39 Å². The molecule has 0 bridgehead atoms. The third-order valence-electron chi connectivity index (χ3n) is 2.58. The maximum absolute atomic E-state index is 13.6. The summed E-state index contributed by atoms with van der Waals surface area (Å²) in [5.74, 6) is -0.841. The third kappa shape index (κ3) is 3.30. The lowest BCUT2D eigenvalue weighted by atomic mass is 10.2. The molecule has 5 nitrogen and oxygen atoms in total. The van der Waals surface area contributed by atoms with Crippen LogP contribution in [0.3, 0.4) is 0 Å². The molecule has 0 unspecified atom stereocenters. The van der Waals surface area contributed by atoms with Gasteiger partial charge in [-0.15, -0.1) is 0 Å². The second-order valence-electron chi connectivity index (χ2n) is 3.91. The lowest BCUT2D eigenvalue weighted by Gasteiger charge is -1.99. The highest BCUT2D eigenvalue weighted by atomic mass is 79.9. The van der Waals surface area contributed by atoms with Crippen molar-refractivity contribution in [2.45, 2.75) is 13.5 Å². The molecule has 1 aromatic heterocycles. The maximum atomic E-state index is 13.6. The maximum Gasteiger partial charge on any atom is 0.271 e. The van der Waals surface area contributed by atoms with Gasteiger partial charge in [-0.2, -0.15) is 14.6 Å². The minimum Gasteiger partial charge on any atom is -0.267 e. The SMILES string of the molecule is CCn1ncc(/C=N\NC(=O)c2ccc(Br)cc2)c1F. The Morgan fingerprint density at radius 1 is 1.50 bits per heavy atom. The average Bonchev–Trinajstić information content (AvgIpc) is 2.80. The van der Waals surface area contributed by atoms with Gasteiger partial charge < -0.3 is 0 Å². The minimum atomic E-state index is -0.478. The van der Waals surface area contributed by atoms with Gasteiger partial charge in [-0.3, -0.25) is 4.79 Å². The van der Waals surface area contributed by atoms with Crippen molar-refractivity contribution in [3.05, 3.63) is 52.0 Å². The summed E-state index contributed by atoms with van der Waals surface area (Å²) < 4.78 is 15.7. The van der Waals surface area contributed by atoms with Gasteiger partial charge in [0.2, 0.25) is 5.95 Å². The van der Waals surface area contributed by atoms with Gasteiger partial charge in [0, 0.05) is 16.6 Å². The number of benzene rings is 1. The van der Waals surface area contributed by atoms with E-state index in [1.165, 1.54) is 17.1 Å². The number of hydrazone groups is 1. The summed E-state index contributed by atoms with van der Waals surface area (Å²) in [6, 6.07) is 6.82. The number of amides is 1. The first-order valence-electron chi connectivity index (χ1n) is 5.92. The number of aromatic nitrogens is 2. The van der Waals surface area contributed by atoms with Gasteiger partial charge in [-0.1, -0.05) is 15.9 Å². The number of rotatable bonds is 4. The average molecular weight is 339 g/mol. The number of nitrogens with one attached hydrogen (secondary N) is 1. The van der Waals surface area contributed by atoms with Crippen LogP contribution in [0.2, 0.25) is 0 Å². The van der Waals surface area contributed by atoms with Crippen LogP contribution in [-0.2, 0) is 6.54 Å². The number of halogens is 2. The fourth-order valence-corrected chi connectivity index (χ4v) is 1.78. The van der Waals surface area contributed by atoms with Crippen LogP contribution in [-0.4, -0.2) is 21.9 Å². The van der Waals surface area contributed by atoms with Crippen molar-refractivity contribution in [3.8, 4) is 0 Å². The van der Waals surface area contributed by atoms with E-state index in [9.17, 15) is 9.18 Å². The highest BCUT2D eigenvalue weighted by Gasteiger charge is 2.07. The molecule has 0 spiro atoms. The summed E-state index contributed by atoms with van der Waals surface area (Å²) in [6.45, 7) is 2.22. The van der Waals surface area contributed by atoms with E-state index in [-0.39, 0.29) is 11.5 Å². The number of carbonyl (C=O) groups is 1. The molecule has 104 valence electrons. The van der Waals surface area contributed by atoms with Gasteiger partial charge in [-0.05, 0) is 31.2 Å². The normalized spacial score (nSPS) is 10.9. The smallest absolute Gasteiger partial charge is 0.267 e. The van der Waals surface area contributed by atoms with Crippen molar-refractivity contribution < 1.29 is 9.18 Å². The molecule has 1 aromatic carbocycles. The third-order valence-corrected chi connectivity index (χ3v) is 3.11. The Kier molecular flexibility index (Phi) is 4.62. The van der Waals surface area contributed by atoms with Gasteiger partial charge in [-0.25, -0.2) is 10.1 Å². The van der Waals surface area contributed by atoms with Crippen molar-refractivity contribution in [3.63, 3.8) is 0 Å². The summed E-state index contributed by atoms with van der Waals surface area (Å²) in [6.07, 6.45) is 2.58. The van der Waals surface area contributed by atoms with E-state index in [0.29, 0.717) is 12.1 Å². The summed E-state index contributed by atoms with van der Waals surface area (Å²) in [5, 5.41) is 7.55. The van der Waals surface area contributed by atoms with Crippen molar-refractivity contribution in [2.24, 2.45) is 5.10 Å². The first-order valence-corrected chi connectivity index (χ1v) is 6.71. The van der Waals surface area contributed by atoms with Crippen molar-refractivity contribution in [2.75, 3.05) is 0 Å². The number of carbonyl (C=O) groups excluding carboxylic acids is 1. The van der Waals surface area contributed by atoms with Crippen LogP contribution in [0.5, 0.6) is 0 Å². The lowest BCUT2D eigenvalue weighted by molar-refractivity contribution is 0.0955. The molecular formula is C13H12BrFN4O. The van der Waals surface area contributed by atoms with E-state index >= 15 is 0 Å². The molecule has 0 radical (unpaired) electrons. The number of nitrogens with zero attached hydrogens (tertiary/aromatic N) is 3. The summed E-state index contributed by atoms with van der Waals surface area (Å²) in [5.41, 5.74) is 3.03. The molecule has 0 aliphatic rings. The Bertz CT molecular complexity index is 636. The van der Waals surface area contributed by atoms with E-state index in [1.807, 2.05) is 0 Å². The van der Waals surface area contributed by atoms with Crippen molar-refractivity contribution >= 4 is 28.1 Å². The first kappa shape index (κ1) is 14.4. The summed E-state index contributed by atoms with van der Waals surface area (Å²) in [7, 11) is 0. The number of hydrogen-bond donors (Lipinski definition) is 1. The molecule has 20 heavy (non-hydrogen) atoms. The van der Waals surface area contributed by atoms with Crippen LogP contribution < -0.4 is 5.43 Å². The fraction of sp³-hybridized carbons (Fsp3) is 0.154. The van der Waals surface area contributed by atoms with Gasteiger partial charge in [0.25, 0.3) is 5.91 Å². The number of hydrogen-bond acceptors (Lipinski definition) is 3. The Labute approximate surface area is 123 Å². The molecule has 0 fully saturated rings. The standard InChI is InChI=1S/C13H12BrFN4O/c1-2-19-12(15)10(8-17-19)7-16-18-13(20)9-3-5-11(14)6-4-9/h3-8H,2H2,1H3,(H,18,20)/b16-7-. The van der Waals surface area contributed by atoms with E-state index in [1.54, 1.807) is 31.2 Å². The molecule has 1 heterocycles. The van der Waals surface area contributed by atoms with Crippen LogP contribution >= 0.6 is 15.9 Å². The molecule has 7 heteroatoms. The lowest BCUT2D eigenvalue weighted by Crippen LogP contribution is -2.17. The van der Waals surface area contributed by atoms with Gasteiger partial charge >= 0.3 is 0 Å². The van der Waals surface area contributed by atoms with Crippen LogP contribution in [0.25, 0.3) is 0 Å². The predicted octanol–water partition coefficient (Wildman–Crippen LogP) is 2.57. The molecule has 1 amide bonds. The molecule has 0 saturated heterocycles. The Morgan fingerprint density at radius 2 is 2.20 bits per heavy atom. The molecular weight excluding hydrogens is 327 g/mol. The molecule has 0 saturated carbocycles. The molecule has 0 aliphatic heterocycles. The minimum absolute atomic E-state index is 0.225. The Balaban J connectivity index is 2.00. The topological polar surface area (TPSA) is 59.3 Å². The van der Waals surface area contributed by atoms with E-state index in [2.05, 4.69) is 31.6 Å². The second-order valence-corrected chi connectivity index (χ2v) is 4.83. The molecule has 0 aliphatic carbocycles. The predicted molar refractivity (Wildman–Crippen MR) is 77.1 cm³/mol. The Morgan fingerprint density at radius 3 is 2.80 bits per heavy atom. The fourth-order valence-electron chi connectivity index (χ4n) is 1.52. The zero-order valence-electron chi connectivity index (χ0n) is 10.7. The largest absolute Gasteiger partial charge is 0.271 e. The van der Waals surface area contributed by atoms with Gasteiger partial charge in [0.05, 0.1) is 18.0 Å². The first-order chi connectivity index (χ1) is 9.61. The quantitative estimate of drug-likeness (QED) is 0.688. The highest BCUT2D eigenvalue weighted by molar-refractivity contribution is 9.10. The summed E-state index contributed by atoms with van der Waals surface area (Å²) >= 11 is 3.28. The molecule has 1 N–H and O–H groups in total. The molecule has 2 rings (SSSR count). The highest BCUT2D eigenvalue weighted by Crippen LogP contribution is 2.10. The van der Waals surface area contributed by atoms with Crippen molar-refractivity contribution in [1.29, 1.82) is 0 Å². The van der Waals surface area contributed by atoms with E-state index < -0.39 is 5.95 Å². The van der Waals surface area contributed by atoms with Crippen LogP contribution in [0, 0.1) is 5.95 Å². The van der Waals surface area contributed by atoms with Crippen LogP contribution in [0.15, 0.2) is 40.0 Å². The van der Waals surface area contributed by atoms with Crippen molar-refractivity contribution in [1.82, 2.24) is 15.2 Å². The molecule has 2 aromatic rings. The second kappa shape index (κ2) is 6.42. The zero-order valence-corrected chi connectivity index (χ0v) is 12.3. The van der Waals surface area contributed by atoms with Gasteiger partial charge in [0.15, 0.2) is 0 Å².